The van der Waals surface area contributed by atoms with Crippen LogP contribution in [0.1, 0.15) is 20.3 Å². The van der Waals surface area contributed by atoms with Gasteiger partial charge >= 0.3 is 0 Å². The molecule has 1 fully saturated rings. The van der Waals surface area contributed by atoms with Crippen molar-refractivity contribution in [2.24, 2.45) is 11.8 Å². The molecule has 0 saturated carbocycles. The molecule has 3 rings (SSSR count). The number of amides is 2. The molecule has 24 heavy (non-hydrogen) atoms. The van der Waals surface area contributed by atoms with Crippen LogP contribution in [0.3, 0.4) is 0 Å². The molecule has 0 bridgehead atoms. The smallest absolute Gasteiger partial charge is 0.229 e. The van der Waals surface area contributed by atoms with E-state index in [2.05, 4.69) is 15.5 Å². The number of benzene rings is 1. The quantitative estimate of drug-likeness (QED) is 0.763. The largest absolute Gasteiger partial charge is 0.394 e. The number of fused-ring (bicyclic) bond motifs is 1. The molecular weight excluding hydrogens is 308 g/mol. The number of aliphatic hydroxyl groups excluding tert-OH is 1. The normalized spacial score (nSPS) is 19.2. The Morgan fingerprint density at radius 1 is 1.46 bits per heavy atom. The number of hydrogen-bond acceptors (Lipinski definition) is 4. The van der Waals surface area contributed by atoms with Crippen LogP contribution in [0.25, 0.3) is 10.9 Å². The first-order chi connectivity index (χ1) is 11.5. The van der Waals surface area contributed by atoms with Crippen molar-refractivity contribution in [1.82, 2.24) is 15.5 Å². The van der Waals surface area contributed by atoms with Crippen LogP contribution in [0.2, 0.25) is 0 Å². The fourth-order valence-electron chi connectivity index (χ4n) is 2.97. The van der Waals surface area contributed by atoms with Crippen molar-refractivity contribution in [2.75, 3.05) is 18.1 Å². The van der Waals surface area contributed by atoms with Crippen LogP contribution in [-0.4, -0.2) is 46.3 Å². The second-order valence-electron chi connectivity index (χ2n) is 6.54. The topological polar surface area (TPSA) is 98.3 Å². The molecule has 2 heterocycles. The number of para-hydroxylation sites is 1. The minimum atomic E-state index is -0.430. The maximum atomic E-state index is 12.4. The van der Waals surface area contributed by atoms with E-state index in [0.29, 0.717) is 12.4 Å². The Kier molecular flexibility index (Phi) is 4.53. The van der Waals surface area contributed by atoms with Crippen LogP contribution in [0.15, 0.2) is 24.3 Å². The van der Waals surface area contributed by atoms with Crippen LogP contribution in [0, 0.1) is 11.8 Å². The Hall–Kier alpha value is -2.41. The minimum Gasteiger partial charge on any atom is -0.394 e. The summed E-state index contributed by atoms with van der Waals surface area (Å²) in [6.07, 6.45) is 0.156. The van der Waals surface area contributed by atoms with Gasteiger partial charge in [-0.2, -0.15) is 5.10 Å². The van der Waals surface area contributed by atoms with Crippen molar-refractivity contribution < 1.29 is 14.7 Å². The summed E-state index contributed by atoms with van der Waals surface area (Å²) in [4.78, 5) is 26.3. The molecule has 0 aliphatic carbocycles. The van der Waals surface area contributed by atoms with Gasteiger partial charge in [0.2, 0.25) is 11.8 Å². The maximum absolute atomic E-state index is 12.4. The first kappa shape index (κ1) is 16.4. The van der Waals surface area contributed by atoms with Crippen molar-refractivity contribution >= 4 is 28.5 Å². The van der Waals surface area contributed by atoms with Crippen LogP contribution in [0.4, 0.5) is 5.82 Å². The third-order valence-corrected chi connectivity index (χ3v) is 4.53. The van der Waals surface area contributed by atoms with Crippen LogP contribution < -0.4 is 10.2 Å². The van der Waals surface area contributed by atoms with Gasteiger partial charge in [-0.15, -0.1) is 0 Å². The summed E-state index contributed by atoms with van der Waals surface area (Å²) >= 11 is 0. The third kappa shape index (κ3) is 2.99. The van der Waals surface area contributed by atoms with E-state index < -0.39 is 5.92 Å². The molecule has 128 valence electrons. The number of aliphatic hydroxyl groups is 1. The average molecular weight is 330 g/mol. The lowest BCUT2D eigenvalue weighted by Gasteiger charge is -2.22. The summed E-state index contributed by atoms with van der Waals surface area (Å²) in [6, 6.07) is 7.28. The molecule has 7 nitrogen and oxygen atoms in total. The van der Waals surface area contributed by atoms with Gasteiger partial charge in [0.05, 0.1) is 24.1 Å². The molecule has 1 aromatic carbocycles. The second-order valence-corrected chi connectivity index (χ2v) is 6.54. The average Bonchev–Trinajstić information content (AvgIpc) is 3.15. The van der Waals surface area contributed by atoms with Gasteiger partial charge in [0.15, 0.2) is 5.82 Å². The highest BCUT2D eigenvalue weighted by atomic mass is 16.3. The monoisotopic (exact) mass is 330 g/mol. The van der Waals surface area contributed by atoms with Crippen LogP contribution in [-0.2, 0) is 9.59 Å². The van der Waals surface area contributed by atoms with Gasteiger partial charge in [0.25, 0.3) is 0 Å². The van der Waals surface area contributed by atoms with Gasteiger partial charge in [0.1, 0.15) is 0 Å². The molecule has 1 aromatic heterocycles. The fraction of sp³-hybridized carbons (Fsp3) is 0.471. The number of H-pyrrole nitrogens is 1. The van der Waals surface area contributed by atoms with E-state index in [1.165, 1.54) is 0 Å². The number of nitrogens with one attached hydrogen (secondary N) is 2. The predicted molar refractivity (Wildman–Crippen MR) is 90.4 cm³/mol. The molecule has 3 N–H and O–H groups in total. The van der Waals surface area contributed by atoms with Crippen molar-refractivity contribution in [3.63, 3.8) is 0 Å². The van der Waals surface area contributed by atoms with Crippen LogP contribution in [0.5, 0.6) is 0 Å². The number of anilines is 1. The molecule has 2 atom stereocenters. The molecule has 0 radical (unpaired) electrons. The van der Waals surface area contributed by atoms with Crippen molar-refractivity contribution in [1.29, 1.82) is 0 Å². The van der Waals surface area contributed by atoms with Crippen molar-refractivity contribution in [3.8, 4) is 0 Å². The molecule has 1 saturated heterocycles. The molecule has 1 aliphatic heterocycles. The van der Waals surface area contributed by atoms with Gasteiger partial charge < -0.3 is 10.4 Å². The third-order valence-electron chi connectivity index (χ3n) is 4.53. The lowest BCUT2D eigenvalue weighted by molar-refractivity contribution is -0.127. The molecule has 7 heteroatoms. The van der Waals surface area contributed by atoms with Gasteiger partial charge in [-0.25, -0.2) is 0 Å². The fourth-order valence-corrected chi connectivity index (χ4v) is 2.97. The highest BCUT2D eigenvalue weighted by Crippen LogP contribution is 2.29. The Morgan fingerprint density at radius 2 is 2.21 bits per heavy atom. The summed E-state index contributed by atoms with van der Waals surface area (Å²) < 4.78 is 0. The number of nitrogens with zero attached hydrogens (tertiary/aromatic N) is 2. The SMILES string of the molecule is CC(C)[C@@H](CO)NC(=O)[C@H]1CC(=O)N(c2n[nH]c3ccccc23)C1. The maximum Gasteiger partial charge on any atom is 0.229 e. The molecule has 0 unspecified atom stereocenters. The van der Waals surface area contributed by atoms with E-state index in [-0.39, 0.29) is 36.8 Å². The zero-order chi connectivity index (χ0) is 17.3. The Morgan fingerprint density at radius 3 is 2.92 bits per heavy atom. The zero-order valence-electron chi connectivity index (χ0n) is 13.8. The first-order valence-corrected chi connectivity index (χ1v) is 8.16. The lowest BCUT2D eigenvalue weighted by atomic mass is 10.0. The molecule has 1 aliphatic rings. The Labute approximate surface area is 140 Å². The zero-order valence-corrected chi connectivity index (χ0v) is 13.8. The number of carbonyl (C=O) groups excluding carboxylic acids is 2. The van der Waals surface area contributed by atoms with E-state index in [0.717, 1.165) is 10.9 Å². The number of rotatable bonds is 5. The highest BCUT2D eigenvalue weighted by molar-refractivity contribution is 6.05. The summed E-state index contributed by atoms with van der Waals surface area (Å²) in [7, 11) is 0. The predicted octanol–water partition coefficient (Wildman–Crippen LogP) is 1.05. The summed E-state index contributed by atoms with van der Waals surface area (Å²) in [5.41, 5.74) is 0.855. The molecule has 0 spiro atoms. The lowest BCUT2D eigenvalue weighted by Crippen LogP contribution is -2.44. The van der Waals surface area contributed by atoms with Gasteiger partial charge in [0, 0.05) is 18.4 Å². The minimum absolute atomic E-state index is 0.113. The van der Waals surface area contributed by atoms with Gasteiger partial charge in [-0.3, -0.25) is 19.6 Å². The van der Waals surface area contributed by atoms with E-state index in [1.54, 1.807) is 4.90 Å². The van der Waals surface area contributed by atoms with Crippen molar-refractivity contribution in [3.05, 3.63) is 24.3 Å². The molecule has 2 amide bonds. The van der Waals surface area contributed by atoms with Crippen LogP contribution >= 0.6 is 0 Å². The van der Waals surface area contributed by atoms with Gasteiger partial charge in [-0.1, -0.05) is 26.0 Å². The van der Waals surface area contributed by atoms with E-state index in [4.69, 9.17) is 0 Å². The molecular formula is C17H22N4O3. The van der Waals surface area contributed by atoms with E-state index in [9.17, 15) is 14.7 Å². The molecule has 2 aromatic rings. The van der Waals surface area contributed by atoms with Gasteiger partial charge in [-0.05, 0) is 18.1 Å². The number of aromatic nitrogens is 2. The standard InChI is InChI=1S/C17H22N4O3/c1-10(2)14(9-22)18-17(24)11-7-15(23)21(8-11)16-12-5-3-4-6-13(12)19-20-16/h3-6,10-11,14,22H,7-9H2,1-2H3,(H,18,24)(H,19,20)/t11-,14+/m0/s1. The second kappa shape index (κ2) is 6.60. The van der Waals surface area contributed by atoms with Crippen molar-refractivity contribution in [2.45, 2.75) is 26.3 Å². The Balaban J connectivity index is 1.75. The highest BCUT2D eigenvalue weighted by Gasteiger charge is 2.37. The first-order valence-electron chi connectivity index (χ1n) is 8.16. The Bertz CT molecular complexity index is 755. The van der Waals surface area contributed by atoms with E-state index in [1.807, 2.05) is 38.1 Å². The number of aromatic amines is 1. The summed E-state index contributed by atoms with van der Waals surface area (Å²) in [5, 5.41) is 20.2. The summed E-state index contributed by atoms with van der Waals surface area (Å²) in [6.45, 7) is 4.06. The number of hydrogen-bond donors (Lipinski definition) is 3. The summed E-state index contributed by atoms with van der Waals surface area (Å²) in [5.74, 6) is -0.0485. The number of carbonyl (C=O) groups is 2. The van der Waals surface area contributed by atoms with E-state index >= 15 is 0 Å².